The number of hydrogen-bond acceptors (Lipinski definition) is 5. The lowest BCUT2D eigenvalue weighted by atomic mass is 9.83. The Balaban J connectivity index is 1.60. The van der Waals surface area contributed by atoms with Crippen LogP contribution in [0.3, 0.4) is 0 Å². The van der Waals surface area contributed by atoms with E-state index >= 15 is 0 Å². The molecule has 4 rings (SSSR count). The summed E-state index contributed by atoms with van der Waals surface area (Å²) in [5.74, 6) is 5.90. The first-order valence-electron chi connectivity index (χ1n) is 7.59. The van der Waals surface area contributed by atoms with Crippen molar-refractivity contribution in [3.05, 3.63) is 66.9 Å². The molecule has 2 heterocycles. The highest BCUT2D eigenvalue weighted by molar-refractivity contribution is 7.10. The number of nitrogens with zero attached hydrogens (tertiary/aromatic N) is 2. The minimum absolute atomic E-state index is 0.444. The summed E-state index contributed by atoms with van der Waals surface area (Å²) in [5.41, 5.74) is 1.68. The molecular weight excluding hydrogens is 326 g/mol. The largest absolute Gasteiger partial charge is 0.440 e. The summed E-state index contributed by atoms with van der Waals surface area (Å²) in [6, 6.07) is 6.93. The molecule has 0 amide bonds. The number of nitrogens with one attached hydrogen (secondary N) is 1. The van der Waals surface area contributed by atoms with E-state index in [1.54, 1.807) is 29.5 Å². The molecule has 1 saturated carbocycles. The first-order chi connectivity index (χ1) is 11.7. The summed E-state index contributed by atoms with van der Waals surface area (Å²) in [5, 5.41) is 2.87. The van der Waals surface area contributed by atoms with Crippen molar-refractivity contribution in [2.75, 3.05) is 0 Å². The van der Waals surface area contributed by atoms with E-state index in [0.29, 0.717) is 17.2 Å². The molecular formula is C17H13N3O3S. The molecule has 2 aromatic heterocycles. The molecule has 0 saturated heterocycles. The van der Waals surface area contributed by atoms with Gasteiger partial charge < -0.3 is 4.52 Å². The summed E-state index contributed by atoms with van der Waals surface area (Å²) in [6.07, 6.45) is 3.72. The third kappa shape index (κ3) is 2.84. The zero-order valence-corrected chi connectivity index (χ0v) is 13.4. The maximum absolute atomic E-state index is 11.6. The fraction of sp³-hybridized carbons (Fsp3) is 0.235. The Labute approximate surface area is 140 Å². The molecule has 1 aromatic carbocycles. The molecule has 24 heavy (non-hydrogen) atoms. The Hall–Kier alpha value is -2.85. The number of benzene rings is 1. The van der Waals surface area contributed by atoms with Gasteiger partial charge in [-0.05, 0) is 37.0 Å². The highest BCUT2D eigenvalue weighted by Crippen LogP contribution is 2.36. The molecule has 0 unspecified atom stereocenters. The van der Waals surface area contributed by atoms with Crippen molar-refractivity contribution >= 4 is 11.3 Å². The van der Waals surface area contributed by atoms with Crippen LogP contribution in [-0.4, -0.2) is 14.7 Å². The lowest BCUT2D eigenvalue weighted by Crippen LogP contribution is -2.14. The normalized spacial score (nSPS) is 14.0. The van der Waals surface area contributed by atoms with Crippen LogP contribution >= 0.6 is 11.3 Å². The van der Waals surface area contributed by atoms with Gasteiger partial charge in [-0.3, -0.25) is 0 Å². The van der Waals surface area contributed by atoms with Gasteiger partial charge in [-0.15, -0.1) is 16.1 Å². The minimum atomic E-state index is -0.789. The molecule has 1 aliphatic carbocycles. The number of aromatic nitrogens is 3. The van der Waals surface area contributed by atoms with Crippen molar-refractivity contribution in [2.45, 2.75) is 25.2 Å². The predicted molar refractivity (Wildman–Crippen MR) is 89.6 cm³/mol. The molecule has 1 fully saturated rings. The second-order valence-corrected chi connectivity index (χ2v) is 6.47. The maximum Gasteiger partial charge on any atom is 0.440 e. The third-order valence-electron chi connectivity index (χ3n) is 4.01. The van der Waals surface area contributed by atoms with Crippen LogP contribution < -0.4 is 11.4 Å². The highest BCUT2D eigenvalue weighted by Gasteiger charge is 2.21. The van der Waals surface area contributed by atoms with Crippen LogP contribution in [0.5, 0.6) is 0 Å². The highest BCUT2D eigenvalue weighted by atomic mass is 32.1. The fourth-order valence-electron chi connectivity index (χ4n) is 2.53. The first kappa shape index (κ1) is 14.7. The van der Waals surface area contributed by atoms with E-state index < -0.39 is 11.4 Å². The number of rotatable bonds is 2. The molecule has 0 aliphatic heterocycles. The number of thiazole rings is 1. The van der Waals surface area contributed by atoms with E-state index in [4.69, 9.17) is 4.52 Å². The van der Waals surface area contributed by atoms with Crippen molar-refractivity contribution in [3.8, 4) is 17.5 Å². The van der Waals surface area contributed by atoms with Crippen LogP contribution in [0.2, 0.25) is 0 Å². The molecule has 0 spiro atoms. The predicted octanol–water partition coefficient (Wildman–Crippen LogP) is 2.24. The molecule has 1 N–H and O–H groups in total. The Kier molecular flexibility index (Phi) is 3.67. The van der Waals surface area contributed by atoms with Crippen LogP contribution in [0.15, 0.2) is 43.8 Å². The topological polar surface area (TPSA) is 80.9 Å². The quantitative estimate of drug-likeness (QED) is 0.726. The van der Waals surface area contributed by atoms with Gasteiger partial charge in [-0.25, -0.2) is 19.6 Å². The van der Waals surface area contributed by atoms with E-state index in [0.717, 1.165) is 15.4 Å². The molecule has 0 atom stereocenters. The van der Waals surface area contributed by atoms with Crippen LogP contribution in [0.25, 0.3) is 5.69 Å². The molecule has 3 aromatic rings. The zero-order valence-electron chi connectivity index (χ0n) is 12.6. The average molecular weight is 339 g/mol. The van der Waals surface area contributed by atoms with Crippen LogP contribution in [0.4, 0.5) is 0 Å². The third-order valence-corrected chi connectivity index (χ3v) is 4.78. The molecule has 1 aliphatic rings. The van der Waals surface area contributed by atoms with Crippen LogP contribution in [-0.2, 0) is 0 Å². The standard InChI is InChI=1S/C17H13N3O3S/c21-16-19-17(22)23-20(16)13-6-1-3-11(9-13)7-8-15-18-14(10-24-15)12-4-2-5-12/h1,3,6,9-10,12H,2,4-5H2,(H,19,21,22). The van der Waals surface area contributed by atoms with Crippen LogP contribution in [0, 0.1) is 11.8 Å². The number of hydrogen-bond donors (Lipinski definition) is 1. The van der Waals surface area contributed by atoms with Gasteiger partial charge in [0.2, 0.25) is 0 Å². The summed E-state index contributed by atoms with van der Waals surface area (Å²) in [4.78, 5) is 29.3. The number of aromatic amines is 1. The van der Waals surface area contributed by atoms with Gasteiger partial charge in [-0.2, -0.15) is 0 Å². The SMILES string of the molecule is O=c1[nH]c(=O)n(-c2cccc(C#Cc3nc(C4CCC4)cs3)c2)o1. The van der Waals surface area contributed by atoms with Gasteiger partial charge in [-0.1, -0.05) is 18.4 Å². The van der Waals surface area contributed by atoms with Crippen molar-refractivity contribution < 1.29 is 4.52 Å². The van der Waals surface area contributed by atoms with Crippen LogP contribution in [0.1, 0.15) is 41.4 Å². The van der Waals surface area contributed by atoms with E-state index in [9.17, 15) is 9.59 Å². The summed E-state index contributed by atoms with van der Waals surface area (Å²) >= 11 is 1.55. The molecule has 6 nitrogen and oxygen atoms in total. The second kappa shape index (κ2) is 5.98. The lowest BCUT2D eigenvalue weighted by molar-refractivity contribution is 0.315. The molecule has 7 heteroatoms. The zero-order chi connectivity index (χ0) is 16.5. The fourth-order valence-corrected chi connectivity index (χ4v) is 3.27. The van der Waals surface area contributed by atoms with E-state index in [1.807, 2.05) is 11.1 Å². The Morgan fingerprint density at radius 3 is 2.88 bits per heavy atom. The molecule has 120 valence electrons. The van der Waals surface area contributed by atoms with Gasteiger partial charge in [0, 0.05) is 16.9 Å². The van der Waals surface area contributed by atoms with Crippen molar-refractivity contribution in [1.29, 1.82) is 0 Å². The molecule has 0 bridgehead atoms. The Bertz CT molecular complexity index is 1060. The second-order valence-electron chi connectivity index (χ2n) is 5.61. The minimum Gasteiger partial charge on any atom is -0.312 e. The van der Waals surface area contributed by atoms with Gasteiger partial charge >= 0.3 is 11.4 Å². The smallest absolute Gasteiger partial charge is 0.312 e. The summed E-state index contributed by atoms with van der Waals surface area (Å²) in [6.45, 7) is 0. The monoisotopic (exact) mass is 339 g/mol. The van der Waals surface area contributed by atoms with Gasteiger partial charge in [0.25, 0.3) is 0 Å². The Morgan fingerprint density at radius 1 is 1.29 bits per heavy atom. The van der Waals surface area contributed by atoms with Gasteiger partial charge in [0.15, 0.2) is 5.01 Å². The average Bonchev–Trinajstić information content (AvgIpc) is 3.10. The molecule has 0 radical (unpaired) electrons. The maximum atomic E-state index is 11.6. The van der Waals surface area contributed by atoms with Crippen molar-refractivity contribution in [3.63, 3.8) is 0 Å². The van der Waals surface area contributed by atoms with E-state index in [-0.39, 0.29) is 0 Å². The Morgan fingerprint density at radius 2 is 2.17 bits per heavy atom. The summed E-state index contributed by atoms with van der Waals surface area (Å²) < 4.78 is 5.71. The van der Waals surface area contributed by atoms with Crippen molar-refractivity contribution in [2.24, 2.45) is 0 Å². The van der Waals surface area contributed by atoms with Gasteiger partial charge in [0.05, 0.1) is 11.4 Å². The first-order valence-corrected chi connectivity index (χ1v) is 8.47. The van der Waals surface area contributed by atoms with E-state index in [2.05, 4.69) is 22.2 Å². The lowest BCUT2D eigenvalue weighted by Gasteiger charge is -2.22. The van der Waals surface area contributed by atoms with Crippen molar-refractivity contribution in [1.82, 2.24) is 14.7 Å². The number of H-pyrrole nitrogens is 1. The van der Waals surface area contributed by atoms with E-state index in [1.165, 1.54) is 19.3 Å². The summed E-state index contributed by atoms with van der Waals surface area (Å²) in [7, 11) is 0. The van der Waals surface area contributed by atoms with Gasteiger partial charge in [0.1, 0.15) is 0 Å².